The van der Waals surface area contributed by atoms with E-state index in [9.17, 15) is 0 Å². The van der Waals surface area contributed by atoms with Crippen molar-refractivity contribution in [2.24, 2.45) is 0 Å². The van der Waals surface area contributed by atoms with Crippen LogP contribution in [0.25, 0.3) is 0 Å². The highest BCUT2D eigenvalue weighted by molar-refractivity contribution is 8.00. The standard InChI is InChI=1S/C16H31N3S/c1-7-13(3)19-10-9-14(18-19)11-15(17-8-2)12-20-16(4,5)6/h9-10,13,15,17H,7-8,11-12H2,1-6H3. The molecule has 4 heteroatoms. The second-order valence-corrected chi connectivity index (χ2v) is 8.27. The molecule has 0 aliphatic heterocycles. The normalized spacial score (nSPS) is 15.3. The Labute approximate surface area is 128 Å². The number of rotatable bonds is 8. The molecular weight excluding hydrogens is 266 g/mol. The molecule has 2 unspecified atom stereocenters. The Morgan fingerprint density at radius 1 is 1.35 bits per heavy atom. The lowest BCUT2D eigenvalue weighted by atomic mass is 10.2. The molecule has 3 nitrogen and oxygen atoms in total. The molecule has 0 amide bonds. The summed E-state index contributed by atoms with van der Waals surface area (Å²) in [4.78, 5) is 0. The van der Waals surface area contributed by atoms with E-state index in [-0.39, 0.29) is 0 Å². The van der Waals surface area contributed by atoms with Crippen molar-refractivity contribution in [2.75, 3.05) is 12.3 Å². The summed E-state index contributed by atoms with van der Waals surface area (Å²) in [5.41, 5.74) is 1.20. The largest absolute Gasteiger partial charge is 0.313 e. The number of nitrogens with one attached hydrogen (secondary N) is 1. The highest BCUT2D eigenvalue weighted by Crippen LogP contribution is 2.24. The van der Waals surface area contributed by atoms with E-state index >= 15 is 0 Å². The van der Waals surface area contributed by atoms with Crippen LogP contribution < -0.4 is 5.32 Å². The maximum absolute atomic E-state index is 4.71. The second kappa shape index (κ2) is 8.08. The van der Waals surface area contributed by atoms with Crippen LogP contribution in [0.2, 0.25) is 0 Å². The summed E-state index contributed by atoms with van der Waals surface area (Å²) in [6.07, 6.45) is 4.25. The molecular formula is C16H31N3S. The van der Waals surface area contributed by atoms with Gasteiger partial charge in [-0.1, -0.05) is 34.6 Å². The van der Waals surface area contributed by atoms with Gasteiger partial charge in [0.2, 0.25) is 0 Å². The van der Waals surface area contributed by atoms with Crippen molar-refractivity contribution >= 4 is 11.8 Å². The zero-order valence-electron chi connectivity index (χ0n) is 13.9. The lowest BCUT2D eigenvalue weighted by Gasteiger charge is -2.23. The molecule has 1 aromatic heterocycles. The van der Waals surface area contributed by atoms with Crippen LogP contribution >= 0.6 is 11.8 Å². The van der Waals surface area contributed by atoms with Crippen LogP contribution in [-0.2, 0) is 6.42 Å². The first-order valence-corrected chi connectivity index (χ1v) is 8.75. The minimum atomic E-state index is 0.323. The van der Waals surface area contributed by atoms with Gasteiger partial charge in [0, 0.05) is 35.2 Å². The zero-order chi connectivity index (χ0) is 15.2. The fourth-order valence-electron chi connectivity index (χ4n) is 2.00. The van der Waals surface area contributed by atoms with Gasteiger partial charge in [0.15, 0.2) is 0 Å². The van der Waals surface area contributed by atoms with E-state index in [1.165, 1.54) is 5.69 Å². The summed E-state index contributed by atoms with van der Waals surface area (Å²) in [6.45, 7) is 14.4. The van der Waals surface area contributed by atoms with Gasteiger partial charge in [0.05, 0.1) is 5.69 Å². The molecule has 116 valence electrons. The maximum atomic E-state index is 4.71. The van der Waals surface area contributed by atoms with Crippen LogP contribution in [0.4, 0.5) is 0 Å². The molecule has 20 heavy (non-hydrogen) atoms. The van der Waals surface area contributed by atoms with Gasteiger partial charge in [-0.3, -0.25) is 4.68 Å². The first-order chi connectivity index (χ1) is 9.35. The fourth-order valence-corrected chi connectivity index (χ4v) is 2.94. The molecule has 0 aliphatic rings. The minimum Gasteiger partial charge on any atom is -0.313 e. The number of hydrogen-bond acceptors (Lipinski definition) is 3. The lowest BCUT2D eigenvalue weighted by molar-refractivity contribution is 0.469. The molecule has 0 fully saturated rings. The third-order valence-corrected chi connectivity index (χ3v) is 4.81. The van der Waals surface area contributed by atoms with E-state index in [0.29, 0.717) is 16.8 Å². The third-order valence-electron chi connectivity index (χ3n) is 3.37. The number of hydrogen-bond donors (Lipinski definition) is 1. The third kappa shape index (κ3) is 6.31. The minimum absolute atomic E-state index is 0.323. The van der Waals surface area contributed by atoms with Crippen molar-refractivity contribution in [1.29, 1.82) is 0 Å². The van der Waals surface area contributed by atoms with Crippen molar-refractivity contribution in [1.82, 2.24) is 15.1 Å². The Morgan fingerprint density at radius 3 is 2.60 bits per heavy atom. The molecule has 0 spiro atoms. The summed E-state index contributed by atoms with van der Waals surface area (Å²) in [5, 5.41) is 8.30. The summed E-state index contributed by atoms with van der Waals surface area (Å²) < 4.78 is 2.42. The Bertz CT molecular complexity index is 381. The molecule has 1 N–H and O–H groups in total. The van der Waals surface area contributed by atoms with Gasteiger partial charge in [-0.25, -0.2) is 0 Å². The number of nitrogens with zero attached hydrogens (tertiary/aromatic N) is 2. The molecule has 0 radical (unpaired) electrons. The van der Waals surface area contributed by atoms with Crippen molar-refractivity contribution in [3.8, 4) is 0 Å². The van der Waals surface area contributed by atoms with Crippen LogP contribution in [0, 0.1) is 0 Å². The molecule has 1 rings (SSSR count). The predicted molar refractivity (Wildman–Crippen MR) is 90.6 cm³/mol. The van der Waals surface area contributed by atoms with Crippen LogP contribution in [0.3, 0.4) is 0 Å². The molecule has 0 saturated carbocycles. The van der Waals surface area contributed by atoms with E-state index in [1.807, 2.05) is 11.8 Å². The molecule has 0 saturated heterocycles. The van der Waals surface area contributed by atoms with Gasteiger partial charge in [0.1, 0.15) is 0 Å². The first kappa shape index (κ1) is 17.6. The summed E-state index contributed by atoms with van der Waals surface area (Å²) >= 11 is 2.02. The Morgan fingerprint density at radius 2 is 2.05 bits per heavy atom. The number of likely N-dealkylation sites (N-methyl/N-ethyl adjacent to an activating group) is 1. The van der Waals surface area contributed by atoms with E-state index in [1.54, 1.807) is 0 Å². The maximum Gasteiger partial charge on any atom is 0.0640 e. The van der Waals surface area contributed by atoms with Crippen LogP contribution in [0.15, 0.2) is 12.3 Å². The van der Waals surface area contributed by atoms with Crippen molar-refractivity contribution < 1.29 is 0 Å². The average molecular weight is 298 g/mol. The molecule has 0 bridgehead atoms. The number of aromatic nitrogens is 2. The lowest BCUT2D eigenvalue weighted by Crippen LogP contribution is -2.34. The van der Waals surface area contributed by atoms with E-state index in [4.69, 9.17) is 5.10 Å². The smallest absolute Gasteiger partial charge is 0.0640 e. The molecule has 0 aromatic carbocycles. The van der Waals surface area contributed by atoms with Gasteiger partial charge in [-0.2, -0.15) is 16.9 Å². The predicted octanol–water partition coefficient (Wildman–Crippen LogP) is 3.91. The number of thioether (sulfide) groups is 1. The van der Waals surface area contributed by atoms with Crippen molar-refractivity contribution in [2.45, 2.75) is 71.2 Å². The van der Waals surface area contributed by atoms with E-state index in [0.717, 1.165) is 25.1 Å². The average Bonchev–Trinajstić information content (AvgIpc) is 2.83. The summed E-state index contributed by atoms with van der Waals surface area (Å²) in [7, 11) is 0. The Hall–Kier alpha value is -0.480. The topological polar surface area (TPSA) is 29.9 Å². The molecule has 1 heterocycles. The highest BCUT2D eigenvalue weighted by Gasteiger charge is 2.16. The van der Waals surface area contributed by atoms with Crippen LogP contribution in [0.5, 0.6) is 0 Å². The van der Waals surface area contributed by atoms with Gasteiger partial charge < -0.3 is 5.32 Å². The van der Waals surface area contributed by atoms with Gasteiger partial charge in [-0.15, -0.1) is 0 Å². The fraction of sp³-hybridized carbons (Fsp3) is 0.812. The van der Waals surface area contributed by atoms with Gasteiger partial charge in [-0.05, 0) is 26.0 Å². The van der Waals surface area contributed by atoms with Crippen molar-refractivity contribution in [3.05, 3.63) is 18.0 Å². The zero-order valence-corrected chi connectivity index (χ0v) is 14.8. The van der Waals surface area contributed by atoms with E-state index < -0.39 is 0 Å². The van der Waals surface area contributed by atoms with Crippen molar-refractivity contribution in [3.63, 3.8) is 0 Å². The monoisotopic (exact) mass is 297 g/mol. The first-order valence-electron chi connectivity index (χ1n) is 7.77. The van der Waals surface area contributed by atoms with Crippen LogP contribution in [-0.4, -0.2) is 32.9 Å². The molecule has 2 atom stereocenters. The highest BCUT2D eigenvalue weighted by atomic mass is 32.2. The second-order valence-electron chi connectivity index (χ2n) is 6.43. The summed E-state index contributed by atoms with van der Waals surface area (Å²) in [5.74, 6) is 1.13. The molecule has 0 aliphatic carbocycles. The SMILES string of the molecule is CCNC(CSC(C)(C)C)Cc1ccn(C(C)CC)n1. The quantitative estimate of drug-likeness (QED) is 0.789. The Balaban J connectivity index is 2.58. The molecule has 1 aromatic rings. The van der Waals surface area contributed by atoms with E-state index in [2.05, 4.69) is 63.8 Å². The van der Waals surface area contributed by atoms with Gasteiger partial charge in [0.25, 0.3) is 0 Å². The summed E-state index contributed by atoms with van der Waals surface area (Å²) in [6, 6.07) is 3.16. The Kier molecular flexibility index (Phi) is 7.10. The van der Waals surface area contributed by atoms with Gasteiger partial charge >= 0.3 is 0 Å². The van der Waals surface area contributed by atoms with Crippen LogP contribution in [0.1, 0.15) is 59.7 Å².